The molecule has 7 nitrogen and oxygen atoms in total. The molecule has 0 spiro atoms. The van der Waals surface area contributed by atoms with Crippen LogP contribution < -0.4 is 9.04 Å². The van der Waals surface area contributed by atoms with Gasteiger partial charge in [-0.1, -0.05) is 30.3 Å². The quantitative estimate of drug-likeness (QED) is 0.498. The van der Waals surface area contributed by atoms with Crippen molar-refractivity contribution in [1.82, 2.24) is 0 Å². The Morgan fingerprint density at radius 1 is 1.00 bits per heavy atom. The molecule has 0 heterocycles. The third-order valence-corrected chi connectivity index (χ3v) is 6.12. The van der Waals surface area contributed by atoms with Crippen LogP contribution >= 0.6 is 0 Å². The first-order valence-electron chi connectivity index (χ1n) is 10.0. The lowest BCUT2D eigenvalue weighted by Gasteiger charge is -2.24. The van der Waals surface area contributed by atoms with E-state index in [2.05, 4.69) is 0 Å². The fourth-order valence-electron chi connectivity index (χ4n) is 3.41. The van der Waals surface area contributed by atoms with Crippen LogP contribution in [0.1, 0.15) is 35.7 Å². The van der Waals surface area contributed by atoms with Crippen LogP contribution in [0.15, 0.2) is 60.7 Å². The second kappa shape index (κ2) is 9.40. The molecule has 168 valence electrons. The molecular formula is C24H25NO6S. The molecule has 0 saturated heterocycles. The van der Waals surface area contributed by atoms with E-state index in [9.17, 15) is 18.0 Å². The lowest BCUT2D eigenvalue weighted by Crippen LogP contribution is -2.39. The molecule has 0 saturated carbocycles. The summed E-state index contributed by atoms with van der Waals surface area (Å²) >= 11 is 0. The second-order valence-electron chi connectivity index (χ2n) is 7.33. The van der Waals surface area contributed by atoms with Gasteiger partial charge in [-0.3, -0.25) is 4.79 Å². The van der Waals surface area contributed by atoms with Gasteiger partial charge < -0.3 is 9.47 Å². The molecule has 0 fully saturated rings. The van der Waals surface area contributed by atoms with Gasteiger partial charge in [0.15, 0.2) is 0 Å². The Morgan fingerprint density at radius 2 is 1.69 bits per heavy atom. The highest BCUT2D eigenvalue weighted by Gasteiger charge is 2.31. The molecule has 3 rings (SSSR count). The molecule has 3 aromatic carbocycles. The zero-order valence-corrected chi connectivity index (χ0v) is 19.2. The van der Waals surface area contributed by atoms with Crippen molar-refractivity contribution in [2.45, 2.75) is 19.8 Å². The third kappa shape index (κ3) is 4.91. The molecule has 0 aromatic heterocycles. The number of nitrogens with zero attached hydrogens (tertiary/aromatic N) is 1. The van der Waals surface area contributed by atoms with Gasteiger partial charge in [0, 0.05) is 0 Å². The predicted octanol–water partition coefficient (Wildman–Crippen LogP) is 4.12. The van der Waals surface area contributed by atoms with Gasteiger partial charge in [0.1, 0.15) is 5.75 Å². The number of fused-ring (bicyclic) bond motifs is 1. The van der Waals surface area contributed by atoms with Crippen LogP contribution in [0.3, 0.4) is 0 Å². The predicted molar refractivity (Wildman–Crippen MR) is 124 cm³/mol. The van der Waals surface area contributed by atoms with Crippen LogP contribution in [-0.4, -0.2) is 40.3 Å². The van der Waals surface area contributed by atoms with E-state index in [0.717, 1.165) is 27.1 Å². The third-order valence-electron chi connectivity index (χ3n) is 5.07. The normalized spacial score (nSPS) is 12.2. The van der Waals surface area contributed by atoms with Crippen molar-refractivity contribution in [3.63, 3.8) is 0 Å². The Bertz CT molecular complexity index is 1270. The summed E-state index contributed by atoms with van der Waals surface area (Å²) in [6.45, 7) is 3.51. The largest absolute Gasteiger partial charge is 0.497 e. The SMILES string of the molecule is CCOC(=O)c1cccc(N(C(=O)C(C)c2ccc3cc(OC)ccc3c2)S(C)(=O)=O)c1. The van der Waals surface area contributed by atoms with E-state index in [0.29, 0.717) is 5.56 Å². The van der Waals surface area contributed by atoms with Crippen molar-refractivity contribution in [3.05, 3.63) is 71.8 Å². The maximum Gasteiger partial charge on any atom is 0.338 e. The minimum absolute atomic E-state index is 0.0837. The van der Waals surface area contributed by atoms with E-state index >= 15 is 0 Å². The Kier molecular flexibility index (Phi) is 6.84. The van der Waals surface area contributed by atoms with Gasteiger partial charge in [-0.15, -0.1) is 0 Å². The summed E-state index contributed by atoms with van der Waals surface area (Å²) in [6.07, 6.45) is 0.960. The van der Waals surface area contributed by atoms with Gasteiger partial charge >= 0.3 is 5.97 Å². The van der Waals surface area contributed by atoms with Crippen LogP contribution in [0.5, 0.6) is 5.75 Å². The number of hydrogen-bond donors (Lipinski definition) is 0. The van der Waals surface area contributed by atoms with Gasteiger partial charge in [0.25, 0.3) is 0 Å². The summed E-state index contributed by atoms with van der Waals surface area (Å²) in [5.41, 5.74) is 0.918. The molecule has 0 aliphatic heterocycles. The first-order valence-corrected chi connectivity index (χ1v) is 11.9. The number of amides is 1. The molecule has 0 radical (unpaired) electrons. The monoisotopic (exact) mass is 455 g/mol. The Morgan fingerprint density at radius 3 is 2.34 bits per heavy atom. The number of carbonyl (C=O) groups excluding carboxylic acids is 2. The smallest absolute Gasteiger partial charge is 0.338 e. The molecule has 0 bridgehead atoms. The Balaban J connectivity index is 1.99. The molecular weight excluding hydrogens is 430 g/mol. The number of rotatable bonds is 7. The van der Waals surface area contributed by atoms with Gasteiger partial charge in [0.2, 0.25) is 15.9 Å². The van der Waals surface area contributed by atoms with Crippen LogP contribution in [-0.2, 0) is 19.6 Å². The molecule has 0 aliphatic carbocycles. The van der Waals surface area contributed by atoms with Crippen LogP contribution in [0.4, 0.5) is 5.69 Å². The maximum absolute atomic E-state index is 13.3. The van der Waals surface area contributed by atoms with Crippen molar-refractivity contribution < 1.29 is 27.5 Å². The zero-order valence-electron chi connectivity index (χ0n) is 18.4. The average molecular weight is 456 g/mol. The number of ether oxygens (including phenoxy) is 2. The summed E-state index contributed by atoms with van der Waals surface area (Å²) in [6, 6.07) is 16.9. The van der Waals surface area contributed by atoms with Crippen LogP contribution in [0.25, 0.3) is 10.8 Å². The summed E-state index contributed by atoms with van der Waals surface area (Å²) in [4.78, 5) is 25.4. The first-order chi connectivity index (χ1) is 15.2. The van der Waals surface area contributed by atoms with E-state index in [1.165, 1.54) is 24.3 Å². The highest BCUT2D eigenvalue weighted by Crippen LogP contribution is 2.29. The fraction of sp³-hybridized carbons (Fsp3) is 0.250. The van der Waals surface area contributed by atoms with Crippen molar-refractivity contribution in [1.29, 1.82) is 0 Å². The summed E-state index contributed by atoms with van der Waals surface area (Å²) in [5.74, 6) is -1.24. The minimum atomic E-state index is -3.96. The van der Waals surface area contributed by atoms with Crippen molar-refractivity contribution in [2.24, 2.45) is 0 Å². The molecule has 0 N–H and O–H groups in total. The average Bonchev–Trinajstić information content (AvgIpc) is 2.77. The standard InChI is InChI=1S/C24H25NO6S/c1-5-31-24(27)20-7-6-8-21(14-20)25(32(4,28)29)23(26)16(2)17-9-10-19-15-22(30-3)12-11-18(19)13-17/h6-16H,5H2,1-4H3. The molecule has 1 unspecified atom stereocenters. The molecule has 8 heteroatoms. The Hall–Kier alpha value is -3.39. The number of hydrogen-bond acceptors (Lipinski definition) is 6. The lowest BCUT2D eigenvalue weighted by molar-refractivity contribution is -0.118. The minimum Gasteiger partial charge on any atom is -0.497 e. The van der Waals surface area contributed by atoms with Crippen molar-refractivity contribution in [3.8, 4) is 5.75 Å². The molecule has 1 amide bonds. The van der Waals surface area contributed by atoms with Crippen molar-refractivity contribution in [2.75, 3.05) is 24.3 Å². The van der Waals surface area contributed by atoms with Crippen molar-refractivity contribution >= 4 is 38.4 Å². The summed E-state index contributed by atoms with van der Waals surface area (Å²) in [7, 11) is -2.37. The number of esters is 1. The van der Waals surface area contributed by atoms with Crippen LogP contribution in [0, 0.1) is 0 Å². The number of sulfonamides is 1. The zero-order chi connectivity index (χ0) is 23.5. The number of benzene rings is 3. The molecule has 0 aliphatic rings. The van der Waals surface area contributed by atoms with E-state index in [-0.39, 0.29) is 17.9 Å². The van der Waals surface area contributed by atoms with Crippen LogP contribution in [0.2, 0.25) is 0 Å². The van der Waals surface area contributed by atoms with E-state index in [1.807, 2.05) is 30.3 Å². The highest BCUT2D eigenvalue weighted by molar-refractivity contribution is 7.92. The van der Waals surface area contributed by atoms with E-state index < -0.39 is 27.8 Å². The second-order valence-corrected chi connectivity index (χ2v) is 9.16. The number of anilines is 1. The number of methoxy groups -OCH3 is 1. The molecule has 1 atom stereocenters. The fourth-order valence-corrected chi connectivity index (χ4v) is 4.39. The van der Waals surface area contributed by atoms with E-state index in [1.54, 1.807) is 27.0 Å². The van der Waals surface area contributed by atoms with Gasteiger partial charge in [-0.2, -0.15) is 0 Å². The van der Waals surface area contributed by atoms with Gasteiger partial charge in [-0.25, -0.2) is 17.5 Å². The topological polar surface area (TPSA) is 90.0 Å². The summed E-state index contributed by atoms with van der Waals surface area (Å²) < 4.78 is 36.1. The highest BCUT2D eigenvalue weighted by atomic mass is 32.2. The van der Waals surface area contributed by atoms with Gasteiger partial charge in [-0.05, 0) is 60.5 Å². The molecule has 32 heavy (non-hydrogen) atoms. The first kappa shape index (κ1) is 23.3. The lowest BCUT2D eigenvalue weighted by atomic mass is 9.97. The maximum atomic E-state index is 13.3. The summed E-state index contributed by atoms with van der Waals surface area (Å²) in [5, 5.41) is 1.84. The van der Waals surface area contributed by atoms with Gasteiger partial charge in [0.05, 0.1) is 37.1 Å². The van der Waals surface area contributed by atoms with E-state index in [4.69, 9.17) is 9.47 Å². The Labute approximate surface area is 187 Å². The number of carbonyl (C=O) groups is 2. The molecule has 3 aromatic rings.